The minimum atomic E-state index is -2.25. The summed E-state index contributed by atoms with van der Waals surface area (Å²) >= 11 is 0. The van der Waals surface area contributed by atoms with Crippen molar-refractivity contribution in [2.75, 3.05) is 0 Å². The van der Waals surface area contributed by atoms with Gasteiger partial charge in [0, 0.05) is 22.7 Å². The summed E-state index contributed by atoms with van der Waals surface area (Å²) in [6.45, 7) is 37.0. The van der Waals surface area contributed by atoms with Crippen LogP contribution in [0.3, 0.4) is 0 Å². The second-order valence-corrected chi connectivity index (χ2v) is 24.3. The van der Waals surface area contributed by atoms with Gasteiger partial charge in [0.1, 0.15) is 20.7 Å². The Labute approximate surface area is 310 Å². The lowest BCUT2D eigenvalue weighted by atomic mass is 9.66. The number of benzene rings is 2. The highest BCUT2D eigenvalue weighted by molar-refractivity contribution is 7.01. The third-order valence-corrected chi connectivity index (χ3v) is 16.2. The van der Waals surface area contributed by atoms with Gasteiger partial charge in [0.2, 0.25) is 39.1 Å². The Morgan fingerprint density at radius 2 is 0.837 bits per heavy atom. The summed E-state index contributed by atoms with van der Waals surface area (Å²) in [5.74, 6) is 0.388. The zero-order valence-corrected chi connectivity index (χ0v) is 38.1. The van der Waals surface area contributed by atoms with E-state index in [1.807, 2.05) is 0 Å². The Bertz CT molecular complexity index is 1420. The Kier molecular flexibility index (Phi) is 12.5. The predicted molar refractivity (Wildman–Crippen MR) is 216 cm³/mol. The Morgan fingerprint density at radius 1 is 0.531 bits per heavy atom. The molecule has 0 fully saturated rings. The summed E-state index contributed by atoms with van der Waals surface area (Å²) in [6, 6.07) is 14.2. The molecule has 9 heteroatoms. The highest BCUT2D eigenvalue weighted by Gasteiger charge is 2.50. The number of hydrogen-bond acceptors (Lipinski definition) is 4. The maximum absolute atomic E-state index is 6.35. The van der Waals surface area contributed by atoms with Crippen LogP contribution in [0.15, 0.2) is 47.5 Å². The van der Waals surface area contributed by atoms with Crippen molar-refractivity contribution in [2.24, 2.45) is 21.7 Å². The van der Waals surface area contributed by atoms with Crippen molar-refractivity contribution < 1.29 is 17.7 Å². The van der Waals surface area contributed by atoms with E-state index in [0.717, 1.165) is 0 Å². The molecular formula is C40H60O4Si5. The molecule has 2 atom stereocenters. The average molecular weight is 745 g/mol. The van der Waals surface area contributed by atoms with Crippen LogP contribution in [0.25, 0.3) is 12.2 Å². The van der Waals surface area contributed by atoms with Crippen molar-refractivity contribution in [1.82, 2.24) is 0 Å². The van der Waals surface area contributed by atoms with Gasteiger partial charge in [-0.2, -0.15) is 0 Å². The van der Waals surface area contributed by atoms with E-state index >= 15 is 0 Å². The predicted octanol–water partition coefficient (Wildman–Crippen LogP) is 9.00. The molecule has 2 unspecified atom stereocenters. The van der Waals surface area contributed by atoms with Gasteiger partial charge in [0.05, 0.1) is 0 Å². The van der Waals surface area contributed by atoms with Crippen LogP contribution in [0.4, 0.5) is 0 Å². The number of fused-ring (bicyclic) bond motifs is 2. The standard InChI is InChI=1S/C40H60O4Si5/c1-37(2,3)29-23-27-25(33(29)39(7,8)35(41-45-11)42-46-12)19-17-21-31(27)49(15,16)32-22-18-20-26-28(32)24-30(38(4,5)6)34(26)40(9,10)36(43-47-13)44-48-14/h17-24,33-36H,1-16H3. The molecule has 0 N–H and O–H groups in total. The summed E-state index contributed by atoms with van der Waals surface area (Å²) in [5.41, 5.74) is 8.08. The van der Waals surface area contributed by atoms with Gasteiger partial charge in [-0.1, -0.05) is 142 Å². The molecule has 2 aliphatic carbocycles. The van der Waals surface area contributed by atoms with Gasteiger partial charge in [-0.05, 0) is 69.6 Å². The number of hydrogen-bond donors (Lipinski definition) is 0. The normalized spacial score (nSPS) is 18.7. The van der Waals surface area contributed by atoms with E-state index in [1.54, 1.807) is 0 Å². The number of rotatable bonds is 14. The molecule has 0 spiro atoms. The summed E-state index contributed by atoms with van der Waals surface area (Å²) in [4.78, 5) is 0. The molecule has 0 aromatic heterocycles. The summed E-state index contributed by atoms with van der Waals surface area (Å²) < 4.78 is 25.4. The molecular weight excluding hydrogens is 685 g/mol. The van der Waals surface area contributed by atoms with E-state index in [1.165, 1.54) is 43.8 Å². The maximum atomic E-state index is 6.35. The van der Waals surface area contributed by atoms with E-state index < -0.39 is 8.07 Å². The maximum Gasteiger partial charge on any atom is 0.229 e. The molecule has 4 rings (SSSR count). The first-order valence-corrected chi connectivity index (χ1v) is 26.3. The molecule has 49 heavy (non-hydrogen) atoms. The Balaban J connectivity index is 1.94. The monoisotopic (exact) mass is 744 g/mol. The summed E-state index contributed by atoms with van der Waals surface area (Å²) in [7, 11) is -0.756. The lowest BCUT2D eigenvalue weighted by molar-refractivity contribution is -0.0871. The summed E-state index contributed by atoms with van der Waals surface area (Å²) in [6.07, 6.45) is 4.55. The van der Waals surface area contributed by atoms with Crippen LogP contribution < -0.4 is 10.4 Å². The highest BCUT2D eigenvalue weighted by Crippen LogP contribution is 2.56. The molecule has 0 bridgehead atoms. The molecule has 8 radical (unpaired) electrons. The second-order valence-electron chi connectivity index (χ2n) is 17.4. The van der Waals surface area contributed by atoms with Crippen LogP contribution in [0.5, 0.6) is 0 Å². The van der Waals surface area contributed by atoms with E-state index in [9.17, 15) is 0 Å². The van der Waals surface area contributed by atoms with Gasteiger partial charge in [0.15, 0.2) is 0 Å². The molecule has 4 nitrogen and oxygen atoms in total. The lowest BCUT2D eigenvalue weighted by Crippen LogP contribution is -2.55. The zero-order valence-electron chi connectivity index (χ0n) is 33.1. The van der Waals surface area contributed by atoms with E-state index in [-0.39, 0.29) is 46.1 Å². The largest absolute Gasteiger partial charge is 0.394 e. The highest BCUT2D eigenvalue weighted by atomic mass is 28.3. The average Bonchev–Trinajstić information content (AvgIpc) is 3.61. The van der Waals surface area contributed by atoms with Gasteiger partial charge < -0.3 is 17.7 Å². The molecule has 0 saturated carbocycles. The van der Waals surface area contributed by atoms with E-state index in [4.69, 9.17) is 17.7 Å². The molecule has 0 saturated heterocycles. The first-order chi connectivity index (χ1) is 22.7. The lowest BCUT2D eigenvalue weighted by Gasteiger charge is -2.43. The molecule has 264 valence electrons. The topological polar surface area (TPSA) is 36.9 Å². The van der Waals surface area contributed by atoms with Crippen molar-refractivity contribution in [2.45, 2.75) is 133 Å². The van der Waals surface area contributed by atoms with Crippen LogP contribution in [0.2, 0.25) is 39.3 Å². The van der Waals surface area contributed by atoms with Crippen molar-refractivity contribution in [3.05, 3.63) is 69.8 Å². The molecule has 0 heterocycles. The van der Waals surface area contributed by atoms with Gasteiger partial charge in [-0.3, -0.25) is 0 Å². The Hall–Kier alpha value is -1.16. The fourth-order valence-electron chi connectivity index (χ4n) is 8.30. The second kappa shape index (κ2) is 15.1. The van der Waals surface area contributed by atoms with E-state index in [0.29, 0.717) is 39.1 Å². The van der Waals surface area contributed by atoms with Crippen molar-refractivity contribution >= 4 is 69.7 Å². The fourth-order valence-corrected chi connectivity index (χ4v) is 13.8. The third kappa shape index (κ3) is 7.67. The summed E-state index contributed by atoms with van der Waals surface area (Å²) in [5, 5.41) is 3.01. The Morgan fingerprint density at radius 3 is 1.10 bits per heavy atom. The van der Waals surface area contributed by atoms with Crippen molar-refractivity contribution in [3.63, 3.8) is 0 Å². The van der Waals surface area contributed by atoms with E-state index in [2.05, 4.69) is 157 Å². The van der Waals surface area contributed by atoms with Gasteiger partial charge in [-0.25, -0.2) is 0 Å². The van der Waals surface area contributed by atoms with Crippen LogP contribution in [-0.4, -0.2) is 59.7 Å². The van der Waals surface area contributed by atoms with Crippen molar-refractivity contribution in [1.29, 1.82) is 0 Å². The third-order valence-electron chi connectivity index (χ3n) is 10.8. The minimum Gasteiger partial charge on any atom is -0.394 e. The quantitative estimate of drug-likeness (QED) is 0.143. The molecule has 0 amide bonds. The van der Waals surface area contributed by atoms with Gasteiger partial charge >= 0.3 is 0 Å². The molecule has 2 aliphatic rings. The van der Waals surface area contributed by atoms with Crippen LogP contribution >= 0.6 is 0 Å². The molecule has 2 aromatic carbocycles. The first kappa shape index (κ1) is 40.6. The van der Waals surface area contributed by atoms with Crippen molar-refractivity contribution in [3.8, 4) is 0 Å². The smallest absolute Gasteiger partial charge is 0.229 e. The van der Waals surface area contributed by atoms with Crippen LogP contribution in [0, 0.1) is 21.7 Å². The first-order valence-electron chi connectivity index (χ1n) is 17.7. The molecule has 0 aliphatic heterocycles. The van der Waals surface area contributed by atoms with Crippen LogP contribution in [-0.2, 0) is 17.7 Å². The van der Waals surface area contributed by atoms with Gasteiger partial charge in [-0.15, -0.1) is 0 Å². The fraction of sp³-hybridized carbons (Fsp3) is 0.600. The van der Waals surface area contributed by atoms with Gasteiger partial charge in [0.25, 0.3) is 0 Å². The number of allylic oxidation sites excluding steroid dienone is 2. The zero-order chi connectivity index (χ0) is 36.7. The SMILES string of the molecule is C[Si]OC(O[Si]C)C(C)(C)C1C(C(C)(C)C)=Cc2c1cccc2[Si](C)(C)c1cccc2c1C=C(C(C)(C)C)C2C(C)(C)C(O[Si]C)O[Si]C. The minimum absolute atomic E-state index is 0.00652. The molecule has 2 aromatic rings. The van der Waals surface area contributed by atoms with Crippen LogP contribution in [0.1, 0.15) is 103 Å².